The number of carbonyl (C=O) groups is 1. The van der Waals surface area contributed by atoms with Crippen molar-refractivity contribution in [2.75, 3.05) is 11.9 Å². The second kappa shape index (κ2) is 8.23. The Hall–Kier alpha value is -3.24. The molecule has 130 valence electrons. The van der Waals surface area contributed by atoms with Gasteiger partial charge < -0.3 is 4.74 Å². The van der Waals surface area contributed by atoms with Crippen LogP contribution in [0.1, 0.15) is 33.3 Å². The number of rotatable bonds is 6. The van der Waals surface area contributed by atoms with Crippen molar-refractivity contribution in [3.05, 3.63) is 70.4 Å². The van der Waals surface area contributed by atoms with Gasteiger partial charge in [-0.3, -0.25) is 10.1 Å². The minimum Gasteiger partial charge on any atom is -0.478 e. The highest BCUT2D eigenvalue weighted by molar-refractivity contribution is 7.15. The highest BCUT2D eigenvalue weighted by Crippen LogP contribution is 2.22. The fourth-order valence-corrected chi connectivity index (χ4v) is 3.10. The van der Waals surface area contributed by atoms with Gasteiger partial charge in [0, 0.05) is 29.8 Å². The molecule has 0 saturated carbocycles. The fourth-order valence-electron chi connectivity index (χ4n) is 2.26. The van der Waals surface area contributed by atoms with Crippen LogP contribution in [-0.2, 0) is 6.42 Å². The first-order valence-electron chi connectivity index (χ1n) is 8.02. The molecule has 1 N–H and O–H groups in total. The summed E-state index contributed by atoms with van der Waals surface area (Å²) in [4.78, 5) is 21.6. The summed E-state index contributed by atoms with van der Waals surface area (Å²) in [6, 6.07) is 12.8. The molecule has 2 heterocycles. The first-order valence-corrected chi connectivity index (χ1v) is 8.83. The Labute approximate surface area is 155 Å². The van der Waals surface area contributed by atoms with Crippen molar-refractivity contribution in [2.24, 2.45) is 0 Å². The highest BCUT2D eigenvalue weighted by Gasteiger charge is 2.10. The van der Waals surface area contributed by atoms with E-state index in [1.54, 1.807) is 30.5 Å². The van der Waals surface area contributed by atoms with Gasteiger partial charge in [0.2, 0.25) is 5.88 Å². The van der Waals surface area contributed by atoms with Crippen LogP contribution in [0.4, 0.5) is 5.13 Å². The van der Waals surface area contributed by atoms with Crippen LogP contribution in [0.2, 0.25) is 0 Å². The summed E-state index contributed by atoms with van der Waals surface area (Å²) in [5.41, 5.74) is 2.16. The number of benzene rings is 1. The number of anilines is 1. The van der Waals surface area contributed by atoms with Gasteiger partial charge in [0.1, 0.15) is 0 Å². The summed E-state index contributed by atoms with van der Waals surface area (Å²) in [5, 5.41) is 12.1. The maximum atomic E-state index is 12.3. The molecule has 0 fully saturated rings. The monoisotopic (exact) mass is 364 g/mol. The van der Waals surface area contributed by atoms with Crippen molar-refractivity contribution in [1.82, 2.24) is 9.97 Å². The van der Waals surface area contributed by atoms with Crippen LogP contribution in [0, 0.1) is 11.3 Å². The quantitative estimate of drug-likeness (QED) is 0.721. The number of aromatic nitrogens is 2. The summed E-state index contributed by atoms with van der Waals surface area (Å²) in [5.74, 6) is 0.225. The van der Waals surface area contributed by atoms with Crippen molar-refractivity contribution >= 4 is 22.4 Å². The third kappa shape index (κ3) is 4.43. The van der Waals surface area contributed by atoms with E-state index in [9.17, 15) is 4.79 Å². The lowest BCUT2D eigenvalue weighted by atomic mass is 10.1. The number of nitrogens with one attached hydrogen (secondary N) is 1. The molecule has 1 aromatic carbocycles. The standard InChI is InChI=1S/C19H16N4O2S/c1-2-25-17-8-7-15(11-21-17)18(24)23-19-22-12-16(26-19)9-13-3-5-14(10-20)6-4-13/h3-8,11-12H,2,9H2,1H3,(H,22,23,24). The lowest BCUT2D eigenvalue weighted by Gasteiger charge is -2.03. The van der Waals surface area contributed by atoms with Gasteiger partial charge in [-0.15, -0.1) is 11.3 Å². The van der Waals surface area contributed by atoms with E-state index < -0.39 is 0 Å². The summed E-state index contributed by atoms with van der Waals surface area (Å²) in [6.45, 7) is 2.40. The van der Waals surface area contributed by atoms with E-state index in [2.05, 4.69) is 21.4 Å². The number of carbonyl (C=O) groups excluding carboxylic acids is 1. The normalized spacial score (nSPS) is 10.2. The largest absolute Gasteiger partial charge is 0.478 e. The van der Waals surface area contributed by atoms with Gasteiger partial charge in [-0.1, -0.05) is 12.1 Å². The van der Waals surface area contributed by atoms with E-state index in [4.69, 9.17) is 10.00 Å². The number of thiazole rings is 1. The molecule has 2 aromatic heterocycles. The zero-order valence-electron chi connectivity index (χ0n) is 14.1. The molecule has 6 nitrogen and oxygen atoms in total. The molecule has 0 radical (unpaired) electrons. The Morgan fingerprint density at radius 1 is 1.19 bits per heavy atom. The lowest BCUT2D eigenvalue weighted by molar-refractivity contribution is 0.102. The molecule has 0 atom stereocenters. The van der Waals surface area contributed by atoms with Gasteiger partial charge in [-0.05, 0) is 30.7 Å². The molecule has 0 unspecified atom stereocenters. The van der Waals surface area contributed by atoms with Crippen LogP contribution in [0.5, 0.6) is 5.88 Å². The molecule has 0 aliphatic rings. The van der Waals surface area contributed by atoms with Crippen LogP contribution < -0.4 is 10.1 Å². The van der Waals surface area contributed by atoms with Gasteiger partial charge in [0.15, 0.2) is 5.13 Å². The van der Waals surface area contributed by atoms with Gasteiger partial charge >= 0.3 is 0 Å². The number of hydrogen-bond donors (Lipinski definition) is 1. The van der Waals surface area contributed by atoms with Crippen LogP contribution in [0.15, 0.2) is 48.8 Å². The summed E-state index contributed by atoms with van der Waals surface area (Å²) in [6.07, 6.45) is 3.92. The van der Waals surface area contributed by atoms with E-state index in [1.165, 1.54) is 17.5 Å². The van der Waals surface area contributed by atoms with E-state index in [0.29, 0.717) is 35.2 Å². The van der Waals surface area contributed by atoms with E-state index in [0.717, 1.165) is 10.4 Å². The molecular formula is C19H16N4O2S. The number of ether oxygens (including phenoxy) is 1. The molecule has 3 aromatic rings. The lowest BCUT2D eigenvalue weighted by Crippen LogP contribution is -2.12. The minimum absolute atomic E-state index is 0.264. The molecule has 0 saturated heterocycles. The molecule has 1 amide bonds. The Morgan fingerprint density at radius 3 is 2.65 bits per heavy atom. The zero-order valence-corrected chi connectivity index (χ0v) is 14.9. The average molecular weight is 364 g/mol. The first-order chi connectivity index (χ1) is 12.7. The van der Waals surface area contributed by atoms with E-state index >= 15 is 0 Å². The van der Waals surface area contributed by atoms with Gasteiger partial charge in [0.05, 0.1) is 23.8 Å². The predicted molar refractivity (Wildman–Crippen MR) is 99.4 cm³/mol. The van der Waals surface area contributed by atoms with E-state index in [1.807, 2.05) is 19.1 Å². The molecule has 0 spiro atoms. The predicted octanol–water partition coefficient (Wildman–Crippen LogP) is 3.65. The van der Waals surface area contributed by atoms with Crippen LogP contribution in [-0.4, -0.2) is 22.5 Å². The molecule has 7 heteroatoms. The summed E-state index contributed by atoms with van der Waals surface area (Å²) >= 11 is 1.42. The molecule has 0 bridgehead atoms. The first kappa shape index (κ1) is 17.6. The maximum Gasteiger partial charge on any atom is 0.259 e. The molecule has 3 rings (SSSR count). The van der Waals surface area contributed by atoms with E-state index in [-0.39, 0.29) is 5.91 Å². The minimum atomic E-state index is -0.264. The van der Waals surface area contributed by atoms with Gasteiger partial charge in [-0.2, -0.15) is 5.26 Å². The third-order valence-corrected chi connectivity index (χ3v) is 4.44. The number of amides is 1. The number of hydrogen-bond acceptors (Lipinski definition) is 6. The Balaban J connectivity index is 1.62. The van der Waals surface area contributed by atoms with Gasteiger partial charge in [0.25, 0.3) is 5.91 Å². The number of nitrogens with zero attached hydrogens (tertiary/aromatic N) is 3. The second-order valence-corrected chi connectivity index (χ2v) is 6.50. The van der Waals surface area contributed by atoms with Crippen LogP contribution in [0.25, 0.3) is 0 Å². The molecule has 0 aliphatic heterocycles. The molecule has 26 heavy (non-hydrogen) atoms. The molecular weight excluding hydrogens is 348 g/mol. The van der Waals surface area contributed by atoms with Crippen molar-refractivity contribution < 1.29 is 9.53 Å². The van der Waals surface area contributed by atoms with Crippen molar-refractivity contribution in [3.8, 4) is 11.9 Å². The number of nitriles is 1. The zero-order chi connectivity index (χ0) is 18.4. The number of pyridine rings is 1. The van der Waals surface area contributed by atoms with Crippen LogP contribution in [0.3, 0.4) is 0 Å². The van der Waals surface area contributed by atoms with Crippen molar-refractivity contribution in [3.63, 3.8) is 0 Å². The summed E-state index contributed by atoms with van der Waals surface area (Å²) in [7, 11) is 0. The Bertz CT molecular complexity index is 927. The highest BCUT2D eigenvalue weighted by atomic mass is 32.1. The SMILES string of the molecule is CCOc1ccc(C(=O)Nc2ncc(Cc3ccc(C#N)cc3)s2)cn1. The van der Waals surface area contributed by atoms with Crippen LogP contribution >= 0.6 is 11.3 Å². The van der Waals surface area contributed by atoms with Gasteiger partial charge in [-0.25, -0.2) is 9.97 Å². The molecule has 0 aliphatic carbocycles. The third-order valence-electron chi connectivity index (χ3n) is 3.53. The van der Waals surface area contributed by atoms with Crippen molar-refractivity contribution in [1.29, 1.82) is 5.26 Å². The van der Waals surface area contributed by atoms with Crippen molar-refractivity contribution in [2.45, 2.75) is 13.3 Å². The Morgan fingerprint density at radius 2 is 2.00 bits per heavy atom. The maximum absolute atomic E-state index is 12.3. The second-order valence-electron chi connectivity index (χ2n) is 5.39. The fraction of sp³-hybridized carbons (Fsp3) is 0.158. The Kier molecular flexibility index (Phi) is 5.56. The summed E-state index contributed by atoms with van der Waals surface area (Å²) < 4.78 is 5.26. The smallest absolute Gasteiger partial charge is 0.259 e. The average Bonchev–Trinajstić information content (AvgIpc) is 3.10. The topological polar surface area (TPSA) is 87.9 Å².